The van der Waals surface area contributed by atoms with Crippen molar-refractivity contribution in [2.45, 2.75) is 13.8 Å². The fraction of sp³-hybridized carbons (Fsp3) is 0.250. The van der Waals surface area contributed by atoms with Gasteiger partial charge in [0.05, 0.1) is 13.2 Å². The Morgan fingerprint density at radius 2 is 1.23 bits per heavy atom. The summed E-state index contributed by atoms with van der Waals surface area (Å²) in [5.74, 6) is 0. The summed E-state index contributed by atoms with van der Waals surface area (Å²) in [4.78, 5) is 8.63. The van der Waals surface area contributed by atoms with E-state index >= 15 is 0 Å². The molecule has 2 aromatic carbocycles. The average Bonchev–Trinajstić information content (AvgIpc) is 2.50. The summed E-state index contributed by atoms with van der Waals surface area (Å²) in [6.07, 6.45) is 0. The Kier molecular flexibility index (Phi) is 8.48. The third kappa shape index (κ3) is 7.96. The molecule has 0 aliphatic rings. The molecule has 2 aromatic rings. The van der Waals surface area contributed by atoms with Gasteiger partial charge >= 0.3 is 7.82 Å². The Hall–Kier alpha value is -1.65. The summed E-state index contributed by atoms with van der Waals surface area (Å²) >= 11 is 0. The minimum Gasteiger partial charge on any atom is -0.356 e. The van der Waals surface area contributed by atoms with Gasteiger partial charge in [0.25, 0.3) is 0 Å². The Morgan fingerprint density at radius 1 is 0.864 bits per heavy atom. The highest BCUT2D eigenvalue weighted by Crippen LogP contribution is 2.42. The largest absolute Gasteiger partial charge is 0.472 e. The summed E-state index contributed by atoms with van der Waals surface area (Å²) in [6.45, 7) is 3.63. The summed E-state index contributed by atoms with van der Waals surface area (Å²) in [5.41, 5.74) is 2.24. The third-order valence-corrected chi connectivity index (χ3v) is 3.59. The zero-order valence-corrected chi connectivity index (χ0v) is 13.7. The second-order valence-electron chi connectivity index (χ2n) is 4.16. The first-order chi connectivity index (χ1) is 10.6. The molecule has 5 nitrogen and oxygen atoms in total. The van der Waals surface area contributed by atoms with E-state index < -0.39 is 7.82 Å². The number of hydrogen-bond donors (Lipinski definition) is 2. The SMILES string of the molecule is CCOP(=O)(O)OCC.c1ccc(Nc2ccccc2)cc1. The molecule has 0 unspecified atom stereocenters. The van der Waals surface area contributed by atoms with Crippen LogP contribution in [0.15, 0.2) is 60.7 Å². The number of phosphoric acid groups is 1. The second-order valence-corrected chi connectivity index (χ2v) is 5.61. The maximum Gasteiger partial charge on any atom is 0.472 e. The molecule has 0 fully saturated rings. The Bertz CT molecular complexity index is 515. The van der Waals surface area contributed by atoms with Crippen molar-refractivity contribution in [3.8, 4) is 0 Å². The van der Waals surface area contributed by atoms with Crippen molar-refractivity contribution in [2.24, 2.45) is 0 Å². The molecule has 0 spiro atoms. The lowest BCUT2D eigenvalue weighted by atomic mass is 10.3. The zero-order chi connectivity index (χ0) is 16.3. The predicted octanol–water partition coefficient (Wildman–Crippen LogP) is 4.59. The van der Waals surface area contributed by atoms with Gasteiger partial charge < -0.3 is 10.2 Å². The first-order valence-corrected chi connectivity index (χ1v) is 8.56. The van der Waals surface area contributed by atoms with Crippen LogP contribution in [0.1, 0.15) is 13.8 Å². The number of hydrogen-bond acceptors (Lipinski definition) is 4. The van der Waals surface area contributed by atoms with Gasteiger partial charge in [0.15, 0.2) is 0 Å². The molecule has 2 rings (SSSR count). The molecular weight excluding hydrogens is 301 g/mol. The van der Waals surface area contributed by atoms with E-state index in [9.17, 15) is 4.57 Å². The highest BCUT2D eigenvalue weighted by Gasteiger charge is 2.17. The smallest absolute Gasteiger partial charge is 0.356 e. The predicted molar refractivity (Wildman–Crippen MR) is 89.2 cm³/mol. The first-order valence-electron chi connectivity index (χ1n) is 7.06. The molecule has 0 amide bonds. The van der Waals surface area contributed by atoms with Crippen LogP contribution in [0, 0.1) is 0 Å². The Morgan fingerprint density at radius 3 is 1.55 bits per heavy atom. The van der Waals surface area contributed by atoms with Gasteiger partial charge in [0.1, 0.15) is 0 Å². The van der Waals surface area contributed by atoms with Crippen LogP contribution in [0.2, 0.25) is 0 Å². The van der Waals surface area contributed by atoms with Crippen LogP contribution in [-0.4, -0.2) is 18.1 Å². The number of para-hydroxylation sites is 2. The van der Waals surface area contributed by atoms with Crippen LogP contribution in [0.4, 0.5) is 11.4 Å². The number of phosphoric ester groups is 1. The van der Waals surface area contributed by atoms with E-state index in [0.717, 1.165) is 11.4 Å². The molecule has 0 heterocycles. The lowest BCUT2D eigenvalue weighted by Crippen LogP contribution is -1.93. The van der Waals surface area contributed by atoms with Crippen LogP contribution in [0.3, 0.4) is 0 Å². The van der Waals surface area contributed by atoms with Gasteiger partial charge in [-0.05, 0) is 38.1 Å². The molecule has 0 bridgehead atoms. The standard InChI is InChI=1S/C12H11N.C4H11O4P/c1-3-7-11(8-4-1)13-12-9-5-2-6-10-12;1-3-7-9(5,6)8-4-2/h1-10,13H;3-4H2,1-2H3,(H,5,6). The van der Waals surface area contributed by atoms with Crippen molar-refractivity contribution >= 4 is 19.2 Å². The fourth-order valence-electron chi connectivity index (χ4n) is 1.57. The van der Waals surface area contributed by atoms with E-state index in [4.69, 9.17) is 4.89 Å². The molecule has 0 aliphatic carbocycles. The van der Waals surface area contributed by atoms with Crippen LogP contribution < -0.4 is 5.32 Å². The van der Waals surface area contributed by atoms with Crippen molar-refractivity contribution in [2.75, 3.05) is 18.5 Å². The lowest BCUT2D eigenvalue weighted by molar-refractivity contribution is 0.161. The fourth-order valence-corrected chi connectivity index (χ4v) is 2.30. The normalized spacial score (nSPS) is 10.5. The van der Waals surface area contributed by atoms with E-state index in [1.54, 1.807) is 13.8 Å². The quantitative estimate of drug-likeness (QED) is 0.761. The monoisotopic (exact) mass is 323 g/mol. The molecule has 0 saturated carbocycles. The highest BCUT2D eigenvalue weighted by atomic mass is 31.2. The Balaban J connectivity index is 0.000000239. The molecule has 2 N–H and O–H groups in total. The van der Waals surface area contributed by atoms with E-state index in [0.29, 0.717) is 0 Å². The highest BCUT2D eigenvalue weighted by molar-refractivity contribution is 7.47. The van der Waals surface area contributed by atoms with Crippen molar-refractivity contribution in [1.29, 1.82) is 0 Å². The molecule has 0 radical (unpaired) electrons. The van der Waals surface area contributed by atoms with Gasteiger partial charge in [-0.1, -0.05) is 36.4 Å². The van der Waals surface area contributed by atoms with Crippen LogP contribution in [0.5, 0.6) is 0 Å². The van der Waals surface area contributed by atoms with Gasteiger partial charge in [-0.2, -0.15) is 0 Å². The van der Waals surface area contributed by atoms with Crippen LogP contribution in [-0.2, 0) is 13.6 Å². The summed E-state index contributed by atoms with van der Waals surface area (Å²) in [6, 6.07) is 20.3. The van der Waals surface area contributed by atoms with Gasteiger partial charge in [-0.15, -0.1) is 0 Å². The number of nitrogens with one attached hydrogen (secondary N) is 1. The molecule has 0 saturated heterocycles. The van der Waals surface area contributed by atoms with E-state index in [1.807, 2.05) is 60.7 Å². The van der Waals surface area contributed by atoms with E-state index in [-0.39, 0.29) is 13.2 Å². The summed E-state index contributed by atoms with van der Waals surface area (Å²) in [5, 5.41) is 3.30. The average molecular weight is 323 g/mol. The van der Waals surface area contributed by atoms with Gasteiger partial charge in [-0.25, -0.2) is 4.57 Å². The first kappa shape index (κ1) is 18.4. The third-order valence-electron chi connectivity index (χ3n) is 2.42. The van der Waals surface area contributed by atoms with Crippen LogP contribution >= 0.6 is 7.82 Å². The topological polar surface area (TPSA) is 67.8 Å². The number of benzene rings is 2. The van der Waals surface area contributed by atoms with E-state index in [1.165, 1.54) is 0 Å². The molecule has 22 heavy (non-hydrogen) atoms. The van der Waals surface area contributed by atoms with Crippen molar-refractivity contribution in [3.63, 3.8) is 0 Å². The summed E-state index contributed by atoms with van der Waals surface area (Å²) in [7, 11) is -3.69. The van der Waals surface area contributed by atoms with Gasteiger partial charge in [0.2, 0.25) is 0 Å². The maximum atomic E-state index is 10.5. The molecule has 120 valence electrons. The molecule has 0 atom stereocenters. The van der Waals surface area contributed by atoms with E-state index in [2.05, 4.69) is 14.4 Å². The number of rotatable bonds is 6. The summed E-state index contributed by atoms with van der Waals surface area (Å²) < 4.78 is 19.2. The minimum atomic E-state index is -3.69. The lowest BCUT2D eigenvalue weighted by Gasteiger charge is -2.07. The van der Waals surface area contributed by atoms with Crippen molar-refractivity contribution in [3.05, 3.63) is 60.7 Å². The van der Waals surface area contributed by atoms with Crippen LogP contribution in [0.25, 0.3) is 0 Å². The Labute approximate surface area is 131 Å². The number of anilines is 2. The van der Waals surface area contributed by atoms with Gasteiger partial charge in [0, 0.05) is 11.4 Å². The molecular formula is C16H22NO4P. The maximum absolute atomic E-state index is 10.5. The second kappa shape index (κ2) is 10.1. The molecule has 6 heteroatoms. The zero-order valence-electron chi connectivity index (χ0n) is 12.8. The molecule has 0 aromatic heterocycles. The minimum absolute atomic E-state index is 0.188. The van der Waals surface area contributed by atoms with Crippen molar-refractivity contribution in [1.82, 2.24) is 0 Å². The molecule has 0 aliphatic heterocycles. The van der Waals surface area contributed by atoms with Gasteiger partial charge in [-0.3, -0.25) is 9.05 Å². The van der Waals surface area contributed by atoms with Crippen molar-refractivity contribution < 1.29 is 18.5 Å².